The average molecular weight is 261 g/mol. The lowest BCUT2D eigenvalue weighted by molar-refractivity contribution is 0.347. The summed E-state index contributed by atoms with van der Waals surface area (Å²) in [6, 6.07) is 4.35. The van der Waals surface area contributed by atoms with Crippen LogP contribution < -0.4 is 14.8 Å². The van der Waals surface area contributed by atoms with Crippen molar-refractivity contribution in [1.82, 2.24) is 5.32 Å². The van der Waals surface area contributed by atoms with E-state index in [2.05, 4.69) is 17.4 Å². The van der Waals surface area contributed by atoms with E-state index in [1.807, 2.05) is 0 Å². The molecule has 1 fully saturated rings. The van der Waals surface area contributed by atoms with Gasteiger partial charge in [-0.15, -0.1) is 0 Å². The van der Waals surface area contributed by atoms with Crippen molar-refractivity contribution in [1.29, 1.82) is 0 Å². The third-order valence-corrected chi connectivity index (χ3v) is 4.69. The maximum Gasteiger partial charge on any atom is 0.161 e. The van der Waals surface area contributed by atoms with E-state index in [1.54, 1.807) is 14.2 Å². The van der Waals surface area contributed by atoms with Crippen LogP contribution in [0.1, 0.15) is 42.7 Å². The molecule has 0 aromatic heterocycles. The molecule has 0 spiro atoms. The number of methoxy groups -OCH3 is 2. The molecule has 0 amide bonds. The maximum absolute atomic E-state index is 5.47. The Morgan fingerprint density at radius 2 is 1.74 bits per heavy atom. The van der Waals surface area contributed by atoms with Gasteiger partial charge in [0.05, 0.1) is 14.2 Å². The van der Waals surface area contributed by atoms with Crippen molar-refractivity contribution in [2.24, 2.45) is 5.92 Å². The first-order valence-corrected chi connectivity index (χ1v) is 7.29. The Hall–Kier alpha value is -1.22. The maximum atomic E-state index is 5.47. The van der Waals surface area contributed by atoms with Crippen molar-refractivity contribution in [3.8, 4) is 11.5 Å². The summed E-state index contributed by atoms with van der Waals surface area (Å²) in [5, 5.41) is 3.56. The fraction of sp³-hybridized carbons (Fsp3) is 0.625. The number of benzene rings is 1. The molecular formula is C16H23NO2. The second-order valence-electron chi connectivity index (χ2n) is 5.69. The molecule has 1 atom stereocenters. The average Bonchev–Trinajstić information content (AvgIpc) is 2.99. The van der Waals surface area contributed by atoms with Crippen LogP contribution in [0, 0.1) is 5.92 Å². The molecule has 1 aliphatic carbocycles. The molecule has 1 aliphatic heterocycles. The van der Waals surface area contributed by atoms with Gasteiger partial charge in [-0.1, -0.05) is 12.8 Å². The van der Waals surface area contributed by atoms with Gasteiger partial charge in [0.15, 0.2) is 11.5 Å². The molecular weight excluding hydrogens is 238 g/mol. The predicted octanol–water partition coefficient (Wildman–Crippen LogP) is 3.08. The highest BCUT2D eigenvalue weighted by Crippen LogP contribution is 2.42. The Morgan fingerprint density at radius 1 is 1.05 bits per heavy atom. The van der Waals surface area contributed by atoms with E-state index in [-0.39, 0.29) is 0 Å². The minimum absolute atomic E-state index is 0.644. The minimum atomic E-state index is 0.644. The van der Waals surface area contributed by atoms with E-state index in [0.29, 0.717) is 5.92 Å². The molecule has 1 unspecified atom stereocenters. The standard InChI is InChI=1S/C16H23NO2/c1-18-15-7-12-9-17-10-14(11-5-3-4-6-11)13(12)8-16(15)19-2/h7-8,11,14,17H,3-6,9-10H2,1-2H3. The highest BCUT2D eigenvalue weighted by molar-refractivity contribution is 5.49. The molecule has 1 heterocycles. The number of hydrogen-bond donors (Lipinski definition) is 1. The second kappa shape index (κ2) is 5.41. The highest BCUT2D eigenvalue weighted by atomic mass is 16.5. The zero-order chi connectivity index (χ0) is 13.2. The lowest BCUT2D eigenvalue weighted by Gasteiger charge is -2.31. The van der Waals surface area contributed by atoms with Gasteiger partial charge in [0.25, 0.3) is 0 Å². The van der Waals surface area contributed by atoms with Gasteiger partial charge in [0, 0.05) is 13.1 Å². The first-order valence-electron chi connectivity index (χ1n) is 7.29. The van der Waals surface area contributed by atoms with E-state index in [1.165, 1.54) is 36.8 Å². The van der Waals surface area contributed by atoms with Crippen LogP contribution in [0.2, 0.25) is 0 Å². The molecule has 1 saturated carbocycles. The Kier molecular flexibility index (Phi) is 3.65. The summed E-state index contributed by atoms with van der Waals surface area (Å²) < 4.78 is 10.9. The van der Waals surface area contributed by atoms with Crippen LogP contribution in [0.25, 0.3) is 0 Å². The van der Waals surface area contributed by atoms with Crippen LogP contribution in [0.15, 0.2) is 12.1 Å². The summed E-state index contributed by atoms with van der Waals surface area (Å²) >= 11 is 0. The molecule has 1 aromatic carbocycles. The van der Waals surface area contributed by atoms with Crippen LogP contribution in [-0.2, 0) is 6.54 Å². The molecule has 1 N–H and O–H groups in total. The molecule has 0 saturated heterocycles. The Labute approximate surface area is 115 Å². The number of nitrogens with one attached hydrogen (secondary N) is 1. The van der Waals surface area contributed by atoms with Gasteiger partial charge in [-0.2, -0.15) is 0 Å². The van der Waals surface area contributed by atoms with Gasteiger partial charge in [-0.25, -0.2) is 0 Å². The largest absolute Gasteiger partial charge is 0.493 e. The van der Waals surface area contributed by atoms with Gasteiger partial charge < -0.3 is 14.8 Å². The third-order valence-electron chi connectivity index (χ3n) is 4.69. The third kappa shape index (κ3) is 2.32. The molecule has 0 bridgehead atoms. The van der Waals surface area contributed by atoms with Gasteiger partial charge in [-0.05, 0) is 47.9 Å². The number of ether oxygens (including phenoxy) is 2. The Balaban J connectivity index is 1.98. The van der Waals surface area contributed by atoms with E-state index in [4.69, 9.17) is 9.47 Å². The predicted molar refractivity (Wildman–Crippen MR) is 76.0 cm³/mol. The van der Waals surface area contributed by atoms with Crippen molar-refractivity contribution in [3.05, 3.63) is 23.3 Å². The summed E-state index contributed by atoms with van der Waals surface area (Å²) in [4.78, 5) is 0. The highest BCUT2D eigenvalue weighted by Gasteiger charge is 2.30. The summed E-state index contributed by atoms with van der Waals surface area (Å²) in [7, 11) is 3.42. The zero-order valence-electron chi connectivity index (χ0n) is 11.9. The summed E-state index contributed by atoms with van der Waals surface area (Å²) in [5.74, 6) is 3.19. The lowest BCUT2D eigenvalue weighted by Crippen LogP contribution is -2.31. The van der Waals surface area contributed by atoms with E-state index < -0.39 is 0 Å². The van der Waals surface area contributed by atoms with Crippen molar-refractivity contribution >= 4 is 0 Å². The van der Waals surface area contributed by atoms with Crippen molar-refractivity contribution in [2.45, 2.75) is 38.1 Å². The zero-order valence-corrected chi connectivity index (χ0v) is 11.9. The summed E-state index contributed by atoms with van der Waals surface area (Å²) in [6.07, 6.45) is 5.54. The van der Waals surface area contributed by atoms with E-state index in [9.17, 15) is 0 Å². The molecule has 3 rings (SSSR count). The van der Waals surface area contributed by atoms with Gasteiger partial charge in [0.1, 0.15) is 0 Å². The molecule has 0 radical (unpaired) electrons. The smallest absolute Gasteiger partial charge is 0.161 e. The van der Waals surface area contributed by atoms with Crippen LogP contribution in [0.5, 0.6) is 11.5 Å². The normalized spacial score (nSPS) is 23.2. The minimum Gasteiger partial charge on any atom is -0.493 e. The van der Waals surface area contributed by atoms with Crippen LogP contribution in [0.4, 0.5) is 0 Å². The molecule has 1 aromatic rings. The van der Waals surface area contributed by atoms with Crippen LogP contribution >= 0.6 is 0 Å². The van der Waals surface area contributed by atoms with E-state index in [0.717, 1.165) is 30.5 Å². The fourth-order valence-electron chi connectivity index (χ4n) is 3.69. The molecule has 3 nitrogen and oxygen atoms in total. The van der Waals surface area contributed by atoms with Gasteiger partial charge in [0.2, 0.25) is 0 Å². The topological polar surface area (TPSA) is 30.5 Å². The Morgan fingerprint density at radius 3 is 2.42 bits per heavy atom. The van der Waals surface area contributed by atoms with Crippen molar-refractivity contribution < 1.29 is 9.47 Å². The number of rotatable bonds is 3. The summed E-state index contributed by atoms with van der Waals surface area (Å²) in [5.41, 5.74) is 2.85. The lowest BCUT2D eigenvalue weighted by atomic mass is 9.80. The molecule has 104 valence electrons. The van der Waals surface area contributed by atoms with E-state index >= 15 is 0 Å². The van der Waals surface area contributed by atoms with Crippen molar-refractivity contribution in [3.63, 3.8) is 0 Å². The molecule has 19 heavy (non-hydrogen) atoms. The van der Waals surface area contributed by atoms with Gasteiger partial charge in [-0.3, -0.25) is 0 Å². The first-order chi connectivity index (χ1) is 9.33. The molecule has 2 aliphatic rings. The monoisotopic (exact) mass is 261 g/mol. The second-order valence-corrected chi connectivity index (χ2v) is 5.69. The Bertz CT molecular complexity index is 452. The first kappa shape index (κ1) is 12.8. The fourth-order valence-corrected chi connectivity index (χ4v) is 3.69. The van der Waals surface area contributed by atoms with Crippen LogP contribution in [0.3, 0.4) is 0 Å². The SMILES string of the molecule is COc1cc2c(cc1OC)C(C1CCCC1)CNC2. The number of hydrogen-bond acceptors (Lipinski definition) is 3. The number of fused-ring (bicyclic) bond motifs is 1. The summed E-state index contributed by atoms with van der Waals surface area (Å²) in [6.45, 7) is 2.05. The van der Waals surface area contributed by atoms with Crippen molar-refractivity contribution in [2.75, 3.05) is 20.8 Å². The van der Waals surface area contributed by atoms with Crippen LogP contribution in [-0.4, -0.2) is 20.8 Å². The molecule has 3 heteroatoms. The quantitative estimate of drug-likeness (QED) is 0.907. The van der Waals surface area contributed by atoms with Gasteiger partial charge >= 0.3 is 0 Å².